The predicted molar refractivity (Wildman–Crippen MR) is 82.1 cm³/mol. The standard InChI is InChI=1S/C16H18BrNO/c1-16(2,13-6-8-14(17)9-7-13)18-11-12-4-3-5-15(19)10-12/h3-10,18-19H,11H2,1-2H3. The Labute approximate surface area is 122 Å². The monoisotopic (exact) mass is 319 g/mol. The van der Waals surface area contributed by atoms with Crippen LogP contribution in [0.1, 0.15) is 25.0 Å². The SMILES string of the molecule is CC(C)(NCc1cccc(O)c1)c1ccc(Br)cc1. The molecule has 0 atom stereocenters. The Hall–Kier alpha value is -1.32. The molecule has 2 aromatic rings. The van der Waals surface area contributed by atoms with Crippen molar-refractivity contribution in [1.29, 1.82) is 0 Å². The number of phenols is 1. The first-order valence-corrected chi connectivity index (χ1v) is 7.06. The van der Waals surface area contributed by atoms with E-state index in [1.165, 1.54) is 5.56 Å². The molecule has 2 N–H and O–H groups in total. The lowest BCUT2D eigenvalue weighted by Gasteiger charge is -2.27. The Morgan fingerprint density at radius 2 is 1.79 bits per heavy atom. The summed E-state index contributed by atoms with van der Waals surface area (Å²) in [4.78, 5) is 0. The molecular formula is C16H18BrNO. The highest BCUT2D eigenvalue weighted by atomic mass is 79.9. The van der Waals surface area contributed by atoms with Crippen molar-refractivity contribution in [3.63, 3.8) is 0 Å². The van der Waals surface area contributed by atoms with Crippen molar-refractivity contribution in [2.45, 2.75) is 25.9 Å². The highest BCUT2D eigenvalue weighted by Gasteiger charge is 2.19. The Balaban J connectivity index is 2.07. The third-order valence-corrected chi connectivity index (χ3v) is 3.74. The number of nitrogens with one attached hydrogen (secondary N) is 1. The molecule has 0 saturated heterocycles. The van der Waals surface area contributed by atoms with Gasteiger partial charge in [-0.25, -0.2) is 0 Å². The summed E-state index contributed by atoms with van der Waals surface area (Å²) in [5.74, 6) is 0.306. The summed E-state index contributed by atoms with van der Waals surface area (Å²) in [7, 11) is 0. The zero-order chi connectivity index (χ0) is 13.9. The topological polar surface area (TPSA) is 32.3 Å². The van der Waals surface area contributed by atoms with E-state index in [1.54, 1.807) is 12.1 Å². The molecule has 0 aliphatic heterocycles. The first-order valence-electron chi connectivity index (χ1n) is 6.26. The average Bonchev–Trinajstić information content (AvgIpc) is 2.37. The van der Waals surface area contributed by atoms with Crippen molar-refractivity contribution in [3.05, 3.63) is 64.1 Å². The summed E-state index contributed by atoms with van der Waals surface area (Å²) in [6.07, 6.45) is 0. The maximum absolute atomic E-state index is 9.46. The Bertz CT molecular complexity index is 549. The van der Waals surface area contributed by atoms with E-state index in [1.807, 2.05) is 24.3 Å². The van der Waals surface area contributed by atoms with Gasteiger partial charge in [0.25, 0.3) is 0 Å². The maximum Gasteiger partial charge on any atom is 0.115 e. The molecule has 0 fully saturated rings. The zero-order valence-corrected chi connectivity index (χ0v) is 12.7. The van der Waals surface area contributed by atoms with Crippen LogP contribution >= 0.6 is 15.9 Å². The van der Waals surface area contributed by atoms with Crippen LogP contribution in [0.3, 0.4) is 0 Å². The summed E-state index contributed by atoms with van der Waals surface area (Å²) in [5, 5.41) is 13.0. The van der Waals surface area contributed by atoms with Gasteiger partial charge in [0.05, 0.1) is 0 Å². The number of hydrogen-bond donors (Lipinski definition) is 2. The Kier molecular flexibility index (Phi) is 4.27. The zero-order valence-electron chi connectivity index (χ0n) is 11.2. The van der Waals surface area contributed by atoms with Crippen LogP contribution in [0, 0.1) is 0 Å². The molecule has 0 unspecified atom stereocenters. The lowest BCUT2D eigenvalue weighted by atomic mass is 9.94. The van der Waals surface area contributed by atoms with E-state index >= 15 is 0 Å². The quantitative estimate of drug-likeness (QED) is 0.886. The minimum absolute atomic E-state index is 0.119. The average molecular weight is 320 g/mol. The largest absolute Gasteiger partial charge is 0.508 e. The summed E-state index contributed by atoms with van der Waals surface area (Å²) < 4.78 is 1.08. The van der Waals surface area contributed by atoms with Crippen LogP contribution in [0.15, 0.2) is 53.0 Å². The van der Waals surface area contributed by atoms with E-state index in [4.69, 9.17) is 0 Å². The molecule has 100 valence electrons. The second-order valence-electron chi connectivity index (χ2n) is 5.16. The number of phenolic OH excluding ortho intramolecular Hbond substituents is 1. The second kappa shape index (κ2) is 5.76. The van der Waals surface area contributed by atoms with Gasteiger partial charge in [0.15, 0.2) is 0 Å². The fourth-order valence-electron chi connectivity index (χ4n) is 1.96. The van der Waals surface area contributed by atoms with Gasteiger partial charge in [-0.15, -0.1) is 0 Å². The van der Waals surface area contributed by atoms with Gasteiger partial charge >= 0.3 is 0 Å². The molecule has 0 spiro atoms. The number of rotatable bonds is 4. The van der Waals surface area contributed by atoms with Crippen LogP contribution < -0.4 is 5.32 Å². The molecule has 2 nitrogen and oxygen atoms in total. The van der Waals surface area contributed by atoms with Crippen LogP contribution in [-0.2, 0) is 12.1 Å². The fourth-order valence-corrected chi connectivity index (χ4v) is 2.22. The molecule has 0 saturated carbocycles. The van der Waals surface area contributed by atoms with Gasteiger partial charge in [0.2, 0.25) is 0 Å². The van der Waals surface area contributed by atoms with Gasteiger partial charge in [-0.3, -0.25) is 0 Å². The normalized spacial score (nSPS) is 11.5. The van der Waals surface area contributed by atoms with Crippen LogP contribution in [0.5, 0.6) is 5.75 Å². The third kappa shape index (κ3) is 3.82. The molecule has 0 aromatic heterocycles. The third-order valence-electron chi connectivity index (χ3n) is 3.21. The van der Waals surface area contributed by atoms with Crippen LogP contribution in [0.25, 0.3) is 0 Å². The highest BCUT2D eigenvalue weighted by Crippen LogP contribution is 2.23. The number of halogens is 1. The van der Waals surface area contributed by atoms with Crippen molar-refractivity contribution in [2.24, 2.45) is 0 Å². The van der Waals surface area contributed by atoms with Gasteiger partial charge in [-0.1, -0.05) is 40.2 Å². The van der Waals surface area contributed by atoms with Crippen LogP contribution in [-0.4, -0.2) is 5.11 Å². The van der Waals surface area contributed by atoms with E-state index in [-0.39, 0.29) is 5.54 Å². The van der Waals surface area contributed by atoms with Crippen molar-refractivity contribution in [3.8, 4) is 5.75 Å². The molecule has 3 heteroatoms. The second-order valence-corrected chi connectivity index (χ2v) is 6.07. The summed E-state index contributed by atoms with van der Waals surface area (Å²) >= 11 is 3.45. The van der Waals surface area contributed by atoms with E-state index in [9.17, 15) is 5.11 Å². The maximum atomic E-state index is 9.46. The molecular weight excluding hydrogens is 302 g/mol. The van der Waals surface area contributed by atoms with Gasteiger partial charge in [-0.05, 0) is 49.2 Å². The summed E-state index contributed by atoms with van der Waals surface area (Å²) in [5.41, 5.74) is 2.19. The number of benzene rings is 2. The van der Waals surface area contributed by atoms with Gasteiger partial charge in [0.1, 0.15) is 5.75 Å². The molecule has 2 rings (SSSR count). The lowest BCUT2D eigenvalue weighted by Crippen LogP contribution is -2.35. The summed E-state index contributed by atoms with van der Waals surface area (Å²) in [6.45, 7) is 5.02. The first-order chi connectivity index (χ1) is 8.97. The van der Waals surface area contributed by atoms with Gasteiger partial charge < -0.3 is 10.4 Å². The van der Waals surface area contributed by atoms with Crippen LogP contribution in [0.4, 0.5) is 0 Å². The molecule has 19 heavy (non-hydrogen) atoms. The Morgan fingerprint density at radius 3 is 2.42 bits per heavy atom. The van der Waals surface area contributed by atoms with Gasteiger partial charge in [-0.2, -0.15) is 0 Å². The highest BCUT2D eigenvalue weighted by molar-refractivity contribution is 9.10. The van der Waals surface area contributed by atoms with Crippen LogP contribution in [0.2, 0.25) is 0 Å². The number of hydrogen-bond acceptors (Lipinski definition) is 2. The molecule has 0 heterocycles. The molecule has 0 radical (unpaired) electrons. The van der Waals surface area contributed by atoms with Crippen molar-refractivity contribution < 1.29 is 5.11 Å². The van der Waals surface area contributed by atoms with Crippen molar-refractivity contribution >= 4 is 15.9 Å². The molecule has 0 amide bonds. The number of aromatic hydroxyl groups is 1. The predicted octanol–water partition coefficient (Wildman–Crippen LogP) is 4.18. The fraction of sp³-hybridized carbons (Fsp3) is 0.250. The molecule has 2 aromatic carbocycles. The molecule has 0 aliphatic rings. The van der Waals surface area contributed by atoms with E-state index < -0.39 is 0 Å². The van der Waals surface area contributed by atoms with E-state index in [0.717, 1.165) is 16.6 Å². The minimum Gasteiger partial charge on any atom is -0.508 e. The van der Waals surface area contributed by atoms with Gasteiger partial charge in [0, 0.05) is 16.6 Å². The van der Waals surface area contributed by atoms with E-state index in [2.05, 4.69) is 47.2 Å². The molecule has 0 bridgehead atoms. The smallest absolute Gasteiger partial charge is 0.115 e. The first kappa shape index (κ1) is 14.1. The van der Waals surface area contributed by atoms with Crippen molar-refractivity contribution in [1.82, 2.24) is 5.32 Å². The van der Waals surface area contributed by atoms with Crippen molar-refractivity contribution in [2.75, 3.05) is 0 Å². The molecule has 0 aliphatic carbocycles. The summed E-state index contributed by atoms with van der Waals surface area (Å²) in [6, 6.07) is 15.6. The Morgan fingerprint density at radius 1 is 1.11 bits per heavy atom. The minimum atomic E-state index is -0.119. The van der Waals surface area contributed by atoms with E-state index in [0.29, 0.717) is 5.75 Å². The lowest BCUT2D eigenvalue weighted by molar-refractivity contribution is 0.400.